The number of benzene rings is 1. The summed E-state index contributed by atoms with van der Waals surface area (Å²) in [6.45, 7) is 4.44. The molecule has 0 aliphatic carbocycles. The van der Waals surface area contributed by atoms with Gasteiger partial charge in [0.05, 0.1) is 6.42 Å². The molecule has 0 aliphatic heterocycles. The lowest BCUT2D eigenvalue weighted by molar-refractivity contribution is -0.136. The predicted molar refractivity (Wildman–Crippen MR) is 90.3 cm³/mol. The van der Waals surface area contributed by atoms with E-state index in [2.05, 4.69) is 24.0 Å². The number of hydrogen-bond donors (Lipinski definition) is 2. The van der Waals surface area contributed by atoms with Gasteiger partial charge in [-0.05, 0) is 24.3 Å². The number of carboxylic acids is 1. The highest BCUT2D eigenvalue weighted by Gasteiger charge is 2.06. The molecule has 2 aromatic rings. The first-order chi connectivity index (χ1) is 10.2. The van der Waals surface area contributed by atoms with Crippen LogP contribution in [0.5, 0.6) is 0 Å². The van der Waals surface area contributed by atoms with Gasteiger partial charge in [0.1, 0.15) is 0 Å². The van der Waals surface area contributed by atoms with Crippen LogP contribution in [0.3, 0.4) is 0 Å². The summed E-state index contributed by atoms with van der Waals surface area (Å²) in [5, 5.41) is 12.2. The lowest BCUT2D eigenvalue weighted by atomic mass is 10.3. The van der Waals surface area contributed by atoms with Gasteiger partial charge in [-0.3, -0.25) is 4.79 Å². The fraction of sp³-hybridized carbons (Fsp3) is 0.188. The lowest BCUT2D eigenvalue weighted by Gasteiger charge is -2.10. The van der Waals surface area contributed by atoms with Crippen LogP contribution in [0, 0.1) is 0 Å². The van der Waals surface area contributed by atoms with E-state index >= 15 is 0 Å². The third kappa shape index (κ3) is 4.95. The molecule has 0 saturated heterocycles. The van der Waals surface area contributed by atoms with Crippen LogP contribution in [0.25, 0.3) is 0 Å². The van der Waals surface area contributed by atoms with Gasteiger partial charge in [-0.15, -0.1) is 29.7 Å². The van der Waals surface area contributed by atoms with Gasteiger partial charge in [0, 0.05) is 32.6 Å². The van der Waals surface area contributed by atoms with E-state index in [-0.39, 0.29) is 6.42 Å². The van der Waals surface area contributed by atoms with Gasteiger partial charge >= 0.3 is 5.97 Å². The molecule has 2 rings (SSSR count). The van der Waals surface area contributed by atoms with Crippen LogP contribution in [0.1, 0.15) is 9.75 Å². The largest absolute Gasteiger partial charge is 0.481 e. The maximum absolute atomic E-state index is 10.7. The molecule has 5 heteroatoms. The lowest BCUT2D eigenvalue weighted by Crippen LogP contribution is -1.99. The molecule has 0 aliphatic rings. The minimum atomic E-state index is -0.789. The normalized spacial score (nSPS) is 10.3. The number of thiophene rings is 1. The average Bonchev–Trinajstić information content (AvgIpc) is 2.90. The van der Waals surface area contributed by atoms with Crippen molar-refractivity contribution in [1.29, 1.82) is 0 Å². The molecule has 0 atom stereocenters. The van der Waals surface area contributed by atoms with Crippen LogP contribution in [-0.2, 0) is 17.8 Å². The molecule has 1 aromatic heterocycles. The number of para-hydroxylation sites is 1. The summed E-state index contributed by atoms with van der Waals surface area (Å²) in [5.74, 6) is 0.0861. The number of carboxylic acid groups (broad SMARTS) is 1. The maximum atomic E-state index is 10.7. The second-order valence-electron chi connectivity index (χ2n) is 4.39. The zero-order valence-electron chi connectivity index (χ0n) is 11.5. The molecule has 0 amide bonds. The van der Waals surface area contributed by atoms with Crippen molar-refractivity contribution < 1.29 is 9.90 Å². The zero-order valence-corrected chi connectivity index (χ0v) is 13.2. The number of rotatable bonds is 8. The van der Waals surface area contributed by atoms with E-state index in [1.54, 1.807) is 11.8 Å². The fourth-order valence-corrected chi connectivity index (χ4v) is 3.55. The summed E-state index contributed by atoms with van der Waals surface area (Å²) in [6, 6.07) is 12.0. The Morgan fingerprint density at radius 2 is 2.05 bits per heavy atom. The first kappa shape index (κ1) is 15.7. The fourth-order valence-electron chi connectivity index (χ4n) is 1.83. The number of thioether (sulfide) groups is 1. The molecule has 2 N–H and O–H groups in total. The minimum Gasteiger partial charge on any atom is -0.481 e. The molecule has 1 heterocycles. The first-order valence-corrected chi connectivity index (χ1v) is 8.35. The van der Waals surface area contributed by atoms with Gasteiger partial charge in [0.2, 0.25) is 0 Å². The van der Waals surface area contributed by atoms with Crippen molar-refractivity contribution in [3.63, 3.8) is 0 Å². The van der Waals surface area contributed by atoms with E-state index < -0.39 is 5.97 Å². The molecule has 3 nitrogen and oxygen atoms in total. The van der Waals surface area contributed by atoms with Crippen LogP contribution in [0.4, 0.5) is 5.69 Å². The third-order valence-corrected chi connectivity index (χ3v) is 4.89. The van der Waals surface area contributed by atoms with Crippen molar-refractivity contribution in [3.05, 3.63) is 58.8 Å². The topological polar surface area (TPSA) is 49.3 Å². The molecule has 0 fully saturated rings. The standard InChI is InChI=1S/C16H17NO2S2/c1-2-9-20-15-6-4-3-5-14(15)17-11-13-8-7-12(21-13)10-16(18)19/h2-8,17H,1,9-11H2,(H,18,19). The Hall–Kier alpha value is -1.72. The zero-order chi connectivity index (χ0) is 15.1. The molecule has 110 valence electrons. The Kier molecular flexibility index (Phi) is 5.90. The van der Waals surface area contributed by atoms with Crippen LogP contribution < -0.4 is 5.32 Å². The summed E-state index contributed by atoms with van der Waals surface area (Å²) in [6.07, 6.45) is 1.98. The molecule has 1 aromatic carbocycles. The van der Waals surface area contributed by atoms with Gasteiger partial charge < -0.3 is 10.4 Å². The number of anilines is 1. The second-order valence-corrected chi connectivity index (χ2v) is 6.70. The Labute approximate surface area is 132 Å². The highest BCUT2D eigenvalue weighted by atomic mass is 32.2. The van der Waals surface area contributed by atoms with E-state index in [4.69, 9.17) is 5.11 Å². The van der Waals surface area contributed by atoms with Crippen LogP contribution in [0.2, 0.25) is 0 Å². The minimum absolute atomic E-state index is 0.0937. The molecule has 0 saturated carbocycles. The predicted octanol–water partition coefficient (Wildman–Crippen LogP) is 4.27. The second kappa shape index (κ2) is 7.90. The molecule has 0 radical (unpaired) electrons. The van der Waals surface area contributed by atoms with Crippen molar-refractivity contribution >= 4 is 34.8 Å². The summed E-state index contributed by atoms with van der Waals surface area (Å²) in [7, 11) is 0. The van der Waals surface area contributed by atoms with Crippen molar-refractivity contribution in [1.82, 2.24) is 0 Å². The van der Waals surface area contributed by atoms with E-state index in [1.165, 1.54) is 16.2 Å². The van der Waals surface area contributed by atoms with E-state index in [1.807, 2.05) is 30.3 Å². The Morgan fingerprint density at radius 3 is 2.81 bits per heavy atom. The van der Waals surface area contributed by atoms with Gasteiger partial charge in [-0.1, -0.05) is 18.2 Å². The maximum Gasteiger partial charge on any atom is 0.308 e. The summed E-state index contributed by atoms with van der Waals surface area (Å²) < 4.78 is 0. The van der Waals surface area contributed by atoms with Gasteiger partial charge in [0.25, 0.3) is 0 Å². The molecule has 21 heavy (non-hydrogen) atoms. The Bertz CT molecular complexity index is 622. The van der Waals surface area contributed by atoms with Gasteiger partial charge in [-0.25, -0.2) is 0 Å². The smallest absolute Gasteiger partial charge is 0.308 e. The van der Waals surface area contributed by atoms with Crippen LogP contribution >= 0.6 is 23.1 Å². The molecule has 0 unspecified atom stereocenters. The molecule has 0 spiro atoms. The highest BCUT2D eigenvalue weighted by Crippen LogP contribution is 2.28. The summed E-state index contributed by atoms with van der Waals surface area (Å²) in [4.78, 5) is 13.9. The van der Waals surface area contributed by atoms with E-state index in [0.29, 0.717) is 6.54 Å². The molecular formula is C16H17NO2S2. The van der Waals surface area contributed by atoms with Crippen molar-refractivity contribution in [2.45, 2.75) is 17.9 Å². The van der Waals surface area contributed by atoms with E-state index in [0.717, 1.165) is 21.2 Å². The monoisotopic (exact) mass is 319 g/mol. The third-order valence-electron chi connectivity index (χ3n) is 2.74. The average molecular weight is 319 g/mol. The first-order valence-electron chi connectivity index (χ1n) is 6.55. The van der Waals surface area contributed by atoms with Gasteiger partial charge in [-0.2, -0.15) is 0 Å². The van der Waals surface area contributed by atoms with Crippen molar-refractivity contribution in [3.8, 4) is 0 Å². The van der Waals surface area contributed by atoms with Crippen molar-refractivity contribution in [2.75, 3.05) is 11.1 Å². The summed E-state index contributed by atoms with van der Waals surface area (Å²) >= 11 is 3.28. The molecular weight excluding hydrogens is 302 g/mol. The number of carbonyl (C=O) groups is 1. The molecule has 0 bridgehead atoms. The van der Waals surface area contributed by atoms with Gasteiger partial charge in [0.15, 0.2) is 0 Å². The van der Waals surface area contributed by atoms with Crippen LogP contribution in [0.15, 0.2) is 53.9 Å². The number of hydrogen-bond acceptors (Lipinski definition) is 4. The van der Waals surface area contributed by atoms with Crippen molar-refractivity contribution in [2.24, 2.45) is 0 Å². The van der Waals surface area contributed by atoms with Crippen LogP contribution in [-0.4, -0.2) is 16.8 Å². The number of nitrogens with one attached hydrogen (secondary N) is 1. The SMILES string of the molecule is C=CCSc1ccccc1NCc1ccc(CC(=O)O)s1. The summed E-state index contributed by atoms with van der Waals surface area (Å²) in [5.41, 5.74) is 1.09. The highest BCUT2D eigenvalue weighted by molar-refractivity contribution is 7.99. The Morgan fingerprint density at radius 1 is 1.29 bits per heavy atom. The quantitative estimate of drug-likeness (QED) is 0.563. The van der Waals surface area contributed by atoms with E-state index in [9.17, 15) is 4.79 Å². The number of aliphatic carboxylic acids is 1. The Balaban J connectivity index is 1.97.